The lowest BCUT2D eigenvalue weighted by molar-refractivity contribution is 0.328. The van der Waals surface area contributed by atoms with Crippen LogP contribution in [0.25, 0.3) is 0 Å². The van der Waals surface area contributed by atoms with Gasteiger partial charge < -0.3 is 5.32 Å². The first-order chi connectivity index (χ1) is 8.12. The Labute approximate surface area is 116 Å². The van der Waals surface area contributed by atoms with Gasteiger partial charge in [-0.15, -0.1) is 12.4 Å². The van der Waals surface area contributed by atoms with E-state index in [1.54, 1.807) is 15.7 Å². The maximum absolute atomic E-state index is 12.4. The van der Waals surface area contributed by atoms with Crippen molar-refractivity contribution in [2.75, 3.05) is 33.2 Å². The summed E-state index contributed by atoms with van der Waals surface area (Å²) in [6, 6.07) is 0.128. The van der Waals surface area contributed by atoms with Crippen molar-refractivity contribution in [2.24, 2.45) is 0 Å². The third-order valence-electron chi connectivity index (χ3n) is 3.80. The largest absolute Gasteiger partial charge is 0.315 e. The lowest BCUT2D eigenvalue weighted by Crippen LogP contribution is -2.47. The Morgan fingerprint density at radius 3 is 2.28 bits per heavy atom. The van der Waals surface area contributed by atoms with E-state index in [1.807, 2.05) is 0 Å². The summed E-state index contributed by atoms with van der Waals surface area (Å²) in [6.07, 6.45) is 5.22. The Morgan fingerprint density at radius 2 is 1.78 bits per heavy atom. The monoisotopic (exact) mass is 297 g/mol. The van der Waals surface area contributed by atoms with E-state index in [2.05, 4.69) is 5.32 Å². The maximum atomic E-state index is 12.4. The molecule has 0 aromatic rings. The minimum Gasteiger partial charge on any atom is -0.315 e. The predicted octanol–water partition coefficient (Wildman–Crippen LogP) is 0.823. The van der Waals surface area contributed by atoms with Crippen molar-refractivity contribution in [1.82, 2.24) is 13.9 Å². The van der Waals surface area contributed by atoms with Crippen molar-refractivity contribution in [1.29, 1.82) is 0 Å². The quantitative estimate of drug-likeness (QED) is 0.839. The second-order valence-electron chi connectivity index (χ2n) is 4.98. The zero-order valence-electron chi connectivity index (χ0n) is 11.0. The number of nitrogens with zero attached hydrogens (tertiary/aromatic N) is 2. The van der Waals surface area contributed by atoms with Crippen LogP contribution in [0, 0.1) is 0 Å². The summed E-state index contributed by atoms with van der Waals surface area (Å²) in [7, 11) is -1.52. The van der Waals surface area contributed by atoms with Crippen molar-refractivity contribution in [2.45, 2.75) is 38.1 Å². The number of hydrogen-bond donors (Lipinski definition) is 1. The Morgan fingerprint density at radius 1 is 1.17 bits per heavy atom. The van der Waals surface area contributed by atoms with Gasteiger partial charge in [0, 0.05) is 32.7 Å². The second-order valence-corrected chi connectivity index (χ2v) is 6.97. The molecule has 0 spiro atoms. The summed E-state index contributed by atoms with van der Waals surface area (Å²) in [5.41, 5.74) is 0. The molecule has 0 aliphatic carbocycles. The van der Waals surface area contributed by atoms with Gasteiger partial charge >= 0.3 is 0 Å². The van der Waals surface area contributed by atoms with E-state index < -0.39 is 10.2 Å². The fourth-order valence-electron chi connectivity index (χ4n) is 2.59. The SMILES string of the molecule is CN(C1CCNC1)S(=O)(=O)N1CCCCCC1.Cl. The van der Waals surface area contributed by atoms with E-state index in [0.29, 0.717) is 13.1 Å². The van der Waals surface area contributed by atoms with Gasteiger partial charge in [0.25, 0.3) is 10.2 Å². The summed E-state index contributed by atoms with van der Waals surface area (Å²) in [5.74, 6) is 0. The Balaban J connectivity index is 0.00000162. The summed E-state index contributed by atoms with van der Waals surface area (Å²) in [6.45, 7) is 3.08. The fourth-order valence-corrected chi connectivity index (χ4v) is 4.23. The van der Waals surface area contributed by atoms with Crippen LogP contribution in [-0.2, 0) is 10.2 Å². The molecule has 0 aromatic carbocycles. The van der Waals surface area contributed by atoms with Gasteiger partial charge in [-0.25, -0.2) is 0 Å². The number of likely N-dealkylation sites (N-methyl/N-ethyl adjacent to an activating group) is 1. The highest BCUT2D eigenvalue weighted by atomic mass is 35.5. The minimum atomic E-state index is -3.24. The standard InChI is InChI=1S/C11H23N3O2S.ClH/c1-13(11-6-7-12-10-11)17(15,16)14-8-4-2-3-5-9-14;/h11-12H,2-10H2,1H3;1H. The van der Waals surface area contributed by atoms with Gasteiger partial charge in [0.15, 0.2) is 0 Å². The van der Waals surface area contributed by atoms with Gasteiger partial charge in [-0.1, -0.05) is 12.8 Å². The molecule has 18 heavy (non-hydrogen) atoms. The predicted molar refractivity (Wildman–Crippen MR) is 75.2 cm³/mol. The first kappa shape index (κ1) is 16.2. The molecule has 5 nitrogen and oxygen atoms in total. The minimum absolute atomic E-state index is 0. The van der Waals surface area contributed by atoms with E-state index in [4.69, 9.17) is 0 Å². The number of nitrogens with one attached hydrogen (secondary N) is 1. The van der Waals surface area contributed by atoms with Gasteiger partial charge in [0.05, 0.1) is 0 Å². The second kappa shape index (κ2) is 7.05. The lowest BCUT2D eigenvalue weighted by Gasteiger charge is -2.29. The highest BCUT2D eigenvalue weighted by Crippen LogP contribution is 2.18. The molecule has 0 amide bonds. The van der Waals surface area contributed by atoms with Crippen LogP contribution >= 0.6 is 12.4 Å². The van der Waals surface area contributed by atoms with Crippen molar-refractivity contribution in [3.63, 3.8) is 0 Å². The highest BCUT2D eigenvalue weighted by molar-refractivity contribution is 7.86. The fraction of sp³-hybridized carbons (Fsp3) is 1.00. The highest BCUT2D eigenvalue weighted by Gasteiger charge is 2.33. The molecule has 0 bridgehead atoms. The molecule has 0 aromatic heterocycles. The van der Waals surface area contributed by atoms with Crippen LogP contribution in [0.4, 0.5) is 0 Å². The Bertz CT molecular complexity index is 328. The smallest absolute Gasteiger partial charge is 0.282 e. The van der Waals surface area contributed by atoms with E-state index in [-0.39, 0.29) is 18.4 Å². The van der Waals surface area contributed by atoms with Crippen LogP contribution in [-0.4, -0.2) is 56.3 Å². The van der Waals surface area contributed by atoms with Crippen LogP contribution in [0.1, 0.15) is 32.1 Å². The number of halogens is 1. The van der Waals surface area contributed by atoms with Crippen molar-refractivity contribution in [3.8, 4) is 0 Å². The molecule has 0 radical (unpaired) electrons. The van der Waals surface area contributed by atoms with Gasteiger partial charge in [-0.05, 0) is 25.8 Å². The molecule has 0 saturated carbocycles. The van der Waals surface area contributed by atoms with E-state index in [1.165, 1.54) is 0 Å². The van der Waals surface area contributed by atoms with Crippen LogP contribution in [0.2, 0.25) is 0 Å². The molecule has 1 atom stereocenters. The molecule has 2 rings (SSSR count). The number of rotatable bonds is 3. The molecule has 1 unspecified atom stereocenters. The first-order valence-corrected chi connectivity index (χ1v) is 7.96. The average Bonchev–Trinajstić information content (AvgIpc) is 2.69. The molecule has 108 valence electrons. The summed E-state index contributed by atoms with van der Waals surface area (Å²) in [4.78, 5) is 0. The van der Waals surface area contributed by atoms with Gasteiger partial charge in [0.2, 0.25) is 0 Å². The Hall–Kier alpha value is 0.120. The normalized spacial score (nSPS) is 26.9. The average molecular weight is 298 g/mol. The van der Waals surface area contributed by atoms with Crippen LogP contribution in [0.3, 0.4) is 0 Å². The zero-order chi connectivity index (χ0) is 12.3. The van der Waals surface area contributed by atoms with E-state index >= 15 is 0 Å². The molecule has 2 aliphatic heterocycles. The van der Waals surface area contributed by atoms with Gasteiger partial charge in [0.1, 0.15) is 0 Å². The molecule has 2 saturated heterocycles. The van der Waals surface area contributed by atoms with Gasteiger partial charge in [-0.3, -0.25) is 0 Å². The molecule has 1 N–H and O–H groups in total. The van der Waals surface area contributed by atoms with Crippen LogP contribution < -0.4 is 5.32 Å². The topological polar surface area (TPSA) is 52.7 Å². The van der Waals surface area contributed by atoms with E-state index in [9.17, 15) is 8.42 Å². The zero-order valence-corrected chi connectivity index (χ0v) is 12.6. The molecular formula is C11H24ClN3O2S. The third-order valence-corrected chi connectivity index (χ3v) is 5.85. The summed E-state index contributed by atoms with van der Waals surface area (Å²) < 4.78 is 28.1. The third kappa shape index (κ3) is 3.57. The maximum Gasteiger partial charge on any atom is 0.282 e. The first-order valence-electron chi connectivity index (χ1n) is 6.56. The molecule has 2 aliphatic rings. The number of hydrogen-bond acceptors (Lipinski definition) is 3. The summed E-state index contributed by atoms with van der Waals surface area (Å²) in [5, 5.41) is 3.22. The van der Waals surface area contributed by atoms with Gasteiger partial charge in [-0.2, -0.15) is 17.0 Å². The lowest BCUT2D eigenvalue weighted by atomic mass is 10.2. The van der Waals surface area contributed by atoms with E-state index in [0.717, 1.165) is 45.2 Å². The Kier molecular flexibility index (Phi) is 6.34. The molecule has 7 heteroatoms. The van der Waals surface area contributed by atoms with Crippen LogP contribution in [0.15, 0.2) is 0 Å². The summed E-state index contributed by atoms with van der Waals surface area (Å²) >= 11 is 0. The van der Waals surface area contributed by atoms with Crippen molar-refractivity contribution >= 4 is 22.6 Å². The molecular weight excluding hydrogens is 274 g/mol. The molecule has 2 fully saturated rings. The van der Waals surface area contributed by atoms with Crippen LogP contribution in [0.5, 0.6) is 0 Å². The molecule has 2 heterocycles. The van der Waals surface area contributed by atoms with Crippen molar-refractivity contribution in [3.05, 3.63) is 0 Å². The van der Waals surface area contributed by atoms with Crippen molar-refractivity contribution < 1.29 is 8.42 Å².